The van der Waals surface area contributed by atoms with Crippen molar-refractivity contribution in [1.82, 2.24) is 5.32 Å². The Hall–Kier alpha value is -1.75. The second kappa shape index (κ2) is 4.49. The van der Waals surface area contributed by atoms with Gasteiger partial charge in [0, 0.05) is 19.0 Å². The standard InChI is InChI=1S/C13H16N2O3/c14-13(16)10-7-15-6-9(10)8-1-2-11-12(5-8)18-4-3-17-11/h1-2,5,9-10,15H,3-4,6-7H2,(H2,14,16). The van der Waals surface area contributed by atoms with Crippen LogP contribution in [-0.4, -0.2) is 32.2 Å². The number of primary amides is 1. The molecule has 2 aliphatic rings. The zero-order chi connectivity index (χ0) is 12.5. The number of amides is 1. The first-order valence-corrected chi connectivity index (χ1v) is 6.15. The smallest absolute Gasteiger partial charge is 0.222 e. The Morgan fingerprint density at radius 2 is 2.00 bits per heavy atom. The van der Waals surface area contributed by atoms with Crippen molar-refractivity contribution < 1.29 is 14.3 Å². The number of hydrogen-bond acceptors (Lipinski definition) is 4. The molecule has 0 saturated carbocycles. The largest absolute Gasteiger partial charge is 0.486 e. The van der Waals surface area contributed by atoms with Gasteiger partial charge in [0.1, 0.15) is 13.2 Å². The van der Waals surface area contributed by atoms with Crippen LogP contribution in [0.25, 0.3) is 0 Å². The Bertz CT molecular complexity index is 475. The lowest BCUT2D eigenvalue weighted by atomic mass is 9.88. The lowest BCUT2D eigenvalue weighted by Crippen LogP contribution is -2.28. The molecule has 0 radical (unpaired) electrons. The number of ether oxygens (including phenoxy) is 2. The van der Waals surface area contributed by atoms with Crippen LogP contribution in [0.15, 0.2) is 18.2 Å². The minimum atomic E-state index is -0.250. The van der Waals surface area contributed by atoms with E-state index in [0.29, 0.717) is 19.8 Å². The average molecular weight is 248 g/mol. The van der Waals surface area contributed by atoms with Crippen LogP contribution < -0.4 is 20.5 Å². The van der Waals surface area contributed by atoms with Gasteiger partial charge in [-0.1, -0.05) is 6.07 Å². The first-order chi connectivity index (χ1) is 8.75. The van der Waals surface area contributed by atoms with Gasteiger partial charge in [-0.25, -0.2) is 0 Å². The summed E-state index contributed by atoms with van der Waals surface area (Å²) in [4.78, 5) is 11.4. The predicted molar refractivity (Wildman–Crippen MR) is 65.7 cm³/mol. The first-order valence-electron chi connectivity index (χ1n) is 6.15. The fourth-order valence-corrected chi connectivity index (χ4v) is 2.62. The SMILES string of the molecule is NC(=O)C1CNCC1c1ccc2c(c1)OCCO2. The molecule has 18 heavy (non-hydrogen) atoms. The fraction of sp³-hybridized carbons (Fsp3) is 0.462. The van der Waals surface area contributed by atoms with E-state index in [1.807, 2.05) is 18.2 Å². The summed E-state index contributed by atoms with van der Waals surface area (Å²) in [6.45, 7) is 2.57. The van der Waals surface area contributed by atoms with Crippen molar-refractivity contribution >= 4 is 5.91 Å². The Kier molecular flexibility index (Phi) is 2.83. The number of nitrogens with two attached hydrogens (primary N) is 1. The van der Waals surface area contributed by atoms with Gasteiger partial charge in [0.05, 0.1) is 5.92 Å². The first kappa shape index (κ1) is 11.3. The summed E-state index contributed by atoms with van der Waals surface area (Å²) in [7, 11) is 0. The third-order valence-corrected chi connectivity index (χ3v) is 3.57. The molecule has 1 aromatic carbocycles. The number of nitrogens with one attached hydrogen (secondary N) is 1. The molecular formula is C13H16N2O3. The van der Waals surface area contributed by atoms with Crippen LogP contribution in [0.2, 0.25) is 0 Å². The van der Waals surface area contributed by atoms with Crippen LogP contribution in [0.4, 0.5) is 0 Å². The van der Waals surface area contributed by atoms with E-state index in [1.165, 1.54) is 0 Å². The summed E-state index contributed by atoms with van der Waals surface area (Å²) in [6.07, 6.45) is 0. The number of carbonyl (C=O) groups is 1. The highest BCUT2D eigenvalue weighted by Crippen LogP contribution is 2.36. The highest BCUT2D eigenvalue weighted by molar-refractivity contribution is 5.78. The van der Waals surface area contributed by atoms with E-state index in [-0.39, 0.29) is 17.7 Å². The zero-order valence-electron chi connectivity index (χ0n) is 10.0. The van der Waals surface area contributed by atoms with Crippen molar-refractivity contribution in [2.75, 3.05) is 26.3 Å². The third-order valence-electron chi connectivity index (χ3n) is 3.57. The quantitative estimate of drug-likeness (QED) is 0.786. The molecule has 96 valence electrons. The minimum Gasteiger partial charge on any atom is -0.486 e. The maximum absolute atomic E-state index is 11.4. The number of fused-ring (bicyclic) bond motifs is 1. The van der Waals surface area contributed by atoms with Crippen LogP contribution in [0, 0.1) is 5.92 Å². The lowest BCUT2D eigenvalue weighted by Gasteiger charge is -2.21. The van der Waals surface area contributed by atoms with E-state index in [9.17, 15) is 4.79 Å². The summed E-state index contributed by atoms with van der Waals surface area (Å²) in [5, 5.41) is 3.21. The number of benzene rings is 1. The van der Waals surface area contributed by atoms with Crippen molar-refractivity contribution in [2.45, 2.75) is 5.92 Å². The van der Waals surface area contributed by atoms with Crippen molar-refractivity contribution in [3.8, 4) is 11.5 Å². The Balaban J connectivity index is 1.90. The van der Waals surface area contributed by atoms with Gasteiger partial charge < -0.3 is 20.5 Å². The van der Waals surface area contributed by atoms with Gasteiger partial charge in [0.15, 0.2) is 11.5 Å². The highest BCUT2D eigenvalue weighted by atomic mass is 16.6. The molecule has 5 nitrogen and oxygen atoms in total. The van der Waals surface area contributed by atoms with Crippen LogP contribution in [0.5, 0.6) is 11.5 Å². The van der Waals surface area contributed by atoms with Crippen LogP contribution in [-0.2, 0) is 4.79 Å². The molecule has 0 aromatic heterocycles. The van der Waals surface area contributed by atoms with Crippen LogP contribution in [0.3, 0.4) is 0 Å². The number of carbonyl (C=O) groups excluding carboxylic acids is 1. The van der Waals surface area contributed by atoms with E-state index in [1.54, 1.807) is 0 Å². The number of hydrogen-bond donors (Lipinski definition) is 2. The van der Waals surface area contributed by atoms with Crippen LogP contribution >= 0.6 is 0 Å². The molecule has 2 atom stereocenters. The second-order valence-corrected chi connectivity index (χ2v) is 4.68. The molecule has 0 aliphatic carbocycles. The van der Waals surface area contributed by atoms with E-state index < -0.39 is 0 Å². The molecule has 1 aromatic rings. The maximum Gasteiger partial charge on any atom is 0.222 e. The monoisotopic (exact) mass is 248 g/mol. The Morgan fingerprint density at radius 3 is 2.78 bits per heavy atom. The molecule has 2 unspecified atom stereocenters. The predicted octanol–water partition coefficient (Wildman–Crippen LogP) is 0.246. The summed E-state index contributed by atoms with van der Waals surface area (Å²) in [6, 6.07) is 5.85. The van der Waals surface area contributed by atoms with Gasteiger partial charge in [-0.3, -0.25) is 4.79 Å². The molecule has 3 N–H and O–H groups in total. The van der Waals surface area contributed by atoms with Gasteiger partial charge in [0.2, 0.25) is 5.91 Å². The van der Waals surface area contributed by atoms with E-state index in [2.05, 4.69) is 5.32 Å². The molecular weight excluding hydrogens is 232 g/mol. The van der Waals surface area contributed by atoms with Gasteiger partial charge in [0.25, 0.3) is 0 Å². The fourth-order valence-electron chi connectivity index (χ4n) is 2.62. The van der Waals surface area contributed by atoms with Crippen LogP contribution in [0.1, 0.15) is 11.5 Å². The Morgan fingerprint density at radius 1 is 1.22 bits per heavy atom. The normalized spacial score (nSPS) is 26.0. The van der Waals surface area contributed by atoms with Crippen molar-refractivity contribution in [3.05, 3.63) is 23.8 Å². The summed E-state index contributed by atoms with van der Waals surface area (Å²) < 4.78 is 11.0. The van der Waals surface area contributed by atoms with Gasteiger partial charge in [-0.05, 0) is 17.7 Å². The summed E-state index contributed by atoms with van der Waals surface area (Å²) in [5.41, 5.74) is 6.51. The maximum atomic E-state index is 11.4. The lowest BCUT2D eigenvalue weighted by molar-refractivity contribution is -0.121. The third kappa shape index (κ3) is 1.90. The van der Waals surface area contributed by atoms with Crippen molar-refractivity contribution in [2.24, 2.45) is 11.7 Å². The molecule has 1 saturated heterocycles. The average Bonchev–Trinajstić information content (AvgIpc) is 2.87. The van der Waals surface area contributed by atoms with E-state index in [4.69, 9.17) is 15.2 Å². The van der Waals surface area contributed by atoms with Crippen molar-refractivity contribution in [1.29, 1.82) is 0 Å². The molecule has 0 bridgehead atoms. The number of rotatable bonds is 2. The highest BCUT2D eigenvalue weighted by Gasteiger charge is 2.33. The summed E-state index contributed by atoms with van der Waals surface area (Å²) in [5.74, 6) is 1.26. The zero-order valence-corrected chi connectivity index (χ0v) is 10.0. The van der Waals surface area contributed by atoms with Gasteiger partial charge >= 0.3 is 0 Å². The van der Waals surface area contributed by atoms with Gasteiger partial charge in [-0.15, -0.1) is 0 Å². The molecule has 1 amide bonds. The minimum absolute atomic E-state index is 0.123. The molecule has 0 spiro atoms. The molecule has 5 heteroatoms. The second-order valence-electron chi connectivity index (χ2n) is 4.68. The Labute approximate surface area is 105 Å². The van der Waals surface area contributed by atoms with Gasteiger partial charge in [-0.2, -0.15) is 0 Å². The van der Waals surface area contributed by atoms with E-state index >= 15 is 0 Å². The molecule has 2 heterocycles. The van der Waals surface area contributed by atoms with Crippen molar-refractivity contribution in [3.63, 3.8) is 0 Å². The topological polar surface area (TPSA) is 73.6 Å². The molecule has 2 aliphatic heterocycles. The molecule has 1 fully saturated rings. The van der Waals surface area contributed by atoms with E-state index in [0.717, 1.165) is 23.6 Å². The summed E-state index contributed by atoms with van der Waals surface area (Å²) >= 11 is 0. The molecule has 3 rings (SSSR count).